The van der Waals surface area contributed by atoms with Gasteiger partial charge in [-0.3, -0.25) is 14.9 Å². The van der Waals surface area contributed by atoms with E-state index in [1.165, 1.54) is 6.07 Å². The summed E-state index contributed by atoms with van der Waals surface area (Å²) in [4.78, 5) is 22.0. The highest BCUT2D eigenvalue weighted by molar-refractivity contribution is 5.95. The van der Waals surface area contributed by atoms with E-state index in [0.717, 1.165) is 0 Å². The van der Waals surface area contributed by atoms with Crippen LogP contribution >= 0.6 is 0 Å². The van der Waals surface area contributed by atoms with Crippen LogP contribution in [0.5, 0.6) is 11.5 Å². The average Bonchev–Trinajstić information content (AvgIpc) is 2.49. The van der Waals surface area contributed by atoms with Crippen LogP contribution in [0.2, 0.25) is 0 Å². The van der Waals surface area contributed by atoms with Crippen molar-refractivity contribution in [3.05, 3.63) is 63.7 Å². The van der Waals surface area contributed by atoms with Crippen molar-refractivity contribution in [2.24, 2.45) is 0 Å². The molecule has 0 atom stereocenters. The fourth-order valence-electron chi connectivity index (χ4n) is 1.95. The molecule has 0 fully saturated rings. The molecule has 108 valence electrons. The molecule has 0 saturated carbocycles. The van der Waals surface area contributed by atoms with Gasteiger partial charge in [-0.05, 0) is 37.3 Å². The second kappa shape index (κ2) is 6.17. The number of ketones is 1. The van der Waals surface area contributed by atoms with Gasteiger partial charge in [0.25, 0.3) is 5.69 Å². The Morgan fingerprint density at radius 1 is 1.19 bits per heavy atom. The Kier molecular flexibility index (Phi) is 4.33. The second-order valence-corrected chi connectivity index (χ2v) is 4.56. The molecular weight excluding hydrogens is 270 g/mol. The number of hydrogen-bond donors (Lipinski definition) is 0. The quantitative estimate of drug-likeness (QED) is 0.467. The monoisotopic (exact) mass is 285 g/mol. The summed E-state index contributed by atoms with van der Waals surface area (Å²) in [6, 6.07) is 11.4. The van der Waals surface area contributed by atoms with E-state index in [-0.39, 0.29) is 11.5 Å². The van der Waals surface area contributed by atoms with Crippen LogP contribution in [0.4, 0.5) is 5.69 Å². The molecule has 0 radical (unpaired) electrons. The number of benzene rings is 2. The van der Waals surface area contributed by atoms with Gasteiger partial charge < -0.3 is 4.74 Å². The Morgan fingerprint density at radius 2 is 1.86 bits per heavy atom. The molecule has 0 aromatic heterocycles. The molecule has 0 bridgehead atoms. The van der Waals surface area contributed by atoms with E-state index in [0.29, 0.717) is 29.0 Å². The topological polar surface area (TPSA) is 69.4 Å². The number of nitro benzene ring substituents is 1. The normalized spacial score (nSPS) is 10.2. The molecule has 0 heterocycles. The lowest BCUT2D eigenvalue weighted by Gasteiger charge is -2.09. The maximum atomic E-state index is 11.5. The molecule has 0 aliphatic rings. The van der Waals surface area contributed by atoms with E-state index in [9.17, 15) is 14.9 Å². The number of rotatable bonds is 5. The van der Waals surface area contributed by atoms with E-state index >= 15 is 0 Å². The zero-order valence-electron chi connectivity index (χ0n) is 11.8. The van der Waals surface area contributed by atoms with Gasteiger partial charge in [0.15, 0.2) is 5.78 Å². The number of carbonyl (C=O) groups excluding carboxylic acids is 1. The van der Waals surface area contributed by atoms with Crippen LogP contribution in [0.15, 0.2) is 42.5 Å². The van der Waals surface area contributed by atoms with Crippen molar-refractivity contribution in [1.29, 1.82) is 0 Å². The first-order valence-electron chi connectivity index (χ1n) is 6.58. The van der Waals surface area contributed by atoms with Crippen molar-refractivity contribution >= 4 is 11.5 Å². The highest BCUT2D eigenvalue weighted by Crippen LogP contribution is 2.30. The van der Waals surface area contributed by atoms with Crippen LogP contribution in [-0.4, -0.2) is 10.7 Å². The predicted molar refractivity (Wildman–Crippen MR) is 79.0 cm³/mol. The molecule has 0 N–H and O–H groups in total. The molecule has 0 amide bonds. The number of hydrogen-bond acceptors (Lipinski definition) is 4. The molecule has 2 aromatic carbocycles. The van der Waals surface area contributed by atoms with Gasteiger partial charge in [-0.25, -0.2) is 0 Å². The third-order valence-corrected chi connectivity index (χ3v) is 3.18. The Hall–Kier alpha value is -2.69. The number of Topliss-reactive ketones (excluding diaryl/α,β-unsaturated/α-hetero) is 1. The van der Waals surface area contributed by atoms with E-state index < -0.39 is 4.92 Å². The van der Waals surface area contributed by atoms with Crippen molar-refractivity contribution in [2.75, 3.05) is 0 Å². The molecule has 5 nitrogen and oxygen atoms in total. The highest BCUT2D eigenvalue weighted by atomic mass is 16.6. The zero-order valence-corrected chi connectivity index (χ0v) is 11.8. The molecule has 2 aromatic rings. The van der Waals surface area contributed by atoms with Crippen LogP contribution in [0, 0.1) is 17.0 Å². The standard InChI is InChI=1S/C16H15NO4/c1-3-15(18)12-7-9-13(10-8-12)21-16-6-4-5-14(11(16)2)17(19)20/h4-10H,3H2,1-2H3. The van der Waals surface area contributed by atoms with Gasteiger partial charge in [-0.1, -0.05) is 13.0 Å². The Morgan fingerprint density at radius 3 is 2.43 bits per heavy atom. The maximum absolute atomic E-state index is 11.5. The maximum Gasteiger partial charge on any atom is 0.276 e. The fraction of sp³-hybridized carbons (Fsp3) is 0.188. The van der Waals surface area contributed by atoms with Crippen molar-refractivity contribution in [2.45, 2.75) is 20.3 Å². The molecule has 2 rings (SSSR count). The average molecular weight is 285 g/mol. The lowest BCUT2D eigenvalue weighted by atomic mass is 10.1. The van der Waals surface area contributed by atoms with E-state index in [2.05, 4.69) is 0 Å². The minimum atomic E-state index is -0.439. The van der Waals surface area contributed by atoms with Gasteiger partial charge in [-0.2, -0.15) is 0 Å². The van der Waals surface area contributed by atoms with E-state index in [1.807, 2.05) is 0 Å². The van der Waals surface area contributed by atoms with Crippen LogP contribution < -0.4 is 4.74 Å². The summed E-state index contributed by atoms with van der Waals surface area (Å²) >= 11 is 0. The summed E-state index contributed by atoms with van der Waals surface area (Å²) in [5, 5.41) is 10.9. The zero-order chi connectivity index (χ0) is 15.4. The summed E-state index contributed by atoms with van der Waals surface area (Å²) in [5.74, 6) is 1.03. The van der Waals surface area contributed by atoms with Crippen LogP contribution in [-0.2, 0) is 0 Å². The Bertz CT molecular complexity index is 677. The van der Waals surface area contributed by atoms with Gasteiger partial charge >= 0.3 is 0 Å². The van der Waals surface area contributed by atoms with Gasteiger partial charge in [0, 0.05) is 18.1 Å². The fourth-order valence-corrected chi connectivity index (χ4v) is 1.95. The van der Waals surface area contributed by atoms with Crippen LogP contribution in [0.3, 0.4) is 0 Å². The number of carbonyl (C=O) groups is 1. The predicted octanol–water partition coefficient (Wildman–Crippen LogP) is 4.29. The minimum absolute atomic E-state index is 0.0188. The third-order valence-electron chi connectivity index (χ3n) is 3.18. The molecule has 0 saturated heterocycles. The first kappa shape index (κ1) is 14.7. The van der Waals surface area contributed by atoms with E-state index in [1.54, 1.807) is 50.2 Å². The molecule has 0 spiro atoms. The Labute approximate surface area is 122 Å². The van der Waals surface area contributed by atoms with Crippen molar-refractivity contribution in [1.82, 2.24) is 0 Å². The molecular formula is C16H15NO4. The third kappa shape index (κ3) is 3.25. The molecule has 21 heavy (non-hydrogen) atoms. The SMILES string of the molecule is CCC(=O)c1ccc(Oc2cccc([N+](=O)[O-])c2C)cc1. The van der Waals surface area contributed by atoms with Crippen LogP contribution in [0.1, 0.15) is 29.3 Å². The summed E-state index contributed by atoms with van der Waals surface area (Å²) < 4.78 is 5.65. The van der Waals surface area contributed by atoms with Gasteiger partial charge in [-0.15, -0.1) is 0 Å². The minimum Gasteiger partial charge on any atom is -0.457 e. The van der Waals surface area contributed by atoms with Crippen molar-refractivity contribution in [3.63, 3.8) is 0 Å². The number of nitrogens with zero attached hydrogens (tertiary/aromatic N) is 1. The summed E-state index contributed by atoms with van der Waals surface area (Å²) in [6.45, 7) is 3.45. The Balaban J connectivity index is 2.24. The first-order valence-corrected chi connectivity index (χ1v) is 6.58. The smallest absolute Gasteiger partial charge is 0.276 e. The largest absolute Gasteiger partial charge is 0.457 e. The molecule has 5 heteroatoms. The van der Waals surface area contributed by atoms with Gasteiger partial charge in [0.1, 0.15) is 11.5 Å². The number of nitro groups is 1. The van der Waals surface area contributed by atoms with Crippen molar-refractivity contribution in [3.8, 4) is 11.5 Å². The summed E-state index contributed by atoms with van der Waals surface area (Å²) in [5.41, 5.74) is 1.11. The van der Waals surface area contributed by atoms with Gasteiger partial charge in [0.2, 0.25) is 0 Å². The summed E-state index contributed by atoms with van der Waals surface area (Å²) in [6.07, 6.45) is 0.449. The summed E-state index contributed by atoms with van der Waals surface area (Å²) in [7, 11) is 0. The second-order valence-electron chi connectivity index (χ2n) is 4.56. The highest BCUT2D eigenvalue weighted by Gasteiger charge is 2.14. The van der Waals surface area contributed by atoms with Crippen molar-refractivity contribution < 1.29 is 14.5 Å². The van der Waals surface area contributed by atoms with Gasteiger partial charge in [0.05, 0.1) is 10.5 Å². The molecule has 0 aliphatic carbocycles. The number of ether oxygens (including phenoxy) is 1. The van der Waals surface area contributed by atoms with Crippen LogP contribution in [0.25, 0.3) is 0 Å². The first-order chi connectivity index (χ1) is 10.0. The van der Waals surface area contributed by atoms with E-state index in [4.69, 9.17) is 4.74 Å². The molecule has 0 aliphatic heterocycles. The lowest BCUT2D eigenvalue weighted by Crippen LogP contribution is -1.97. The lowest BCUT2D eigenvalue weighted by molar-refractivity contribution is -0.385. The molecule has 0 unspecified atom stereocenters.